The largest absolute Gasteiger partial charge is 0.493 e. The van der Waals surface area contributed by atoms with E-state index in [9.17, 15) is 0 Å². The average Bonchev–Trinajstić information content (AvgIpc) is 2.91. The van der Waals surface area contributed by atoms with Crippen LogP contribution in [0, 0.1) is 0 Å². The molecule has 1 N–H and O–H groups in total. The highest BCUT2D eigenvalue weighted by Crippen LogP contribution is 2.38. The van der Waals surface area contributed by atoms with E-state index in [0.717, 1.165) is 23.2 Å². The molecule has 1 heterocycles. The van der Waals surface area contributed by atoms with Gasteiger partial charge in [-0.15, -0.1) is 0 Å². The maximum absolute atomic E-state index is 5.78. The molecule has 2 atom stereocenters. The standard InChI is InChI=1S/C18H18BrNO/c19-13-6-8-18-15(11-13)17(9-10-21-18)20-16-7-5-12-3-1-2-4-14(12)16/h1-4,6,8,11,16-17,20H,5,7,9-10H2. The summed E-state index contributed by atoms with van der Waals surface area (Å²) in [5, 5.41) is 3.86. The van der Waals surface area contributed by atoms with E-state index in [0.29, 0.717) is 12.1 Å². The van der Waals surface area contributed by atoms with Crippen molar-refractivity contribution in [2.45, 2.75) is 31.3 Å². The minimum absolute atomic E-state index is 0.377. The van der Waals surface area contributed by atoms with Gasteiger partial charge in [0.05, 0.1) is 6.61 Å². The molecule has 21 heavy (non-hydrogen) atoms. The molecule has 1 aliphatic carbocycles. The van der Waals surface area contributed by atoms with Crippen LogP contribution >= 0.6 is 15.9 Å². The average molecular weight is 344 g/mol. The van der Waals surface area contributed by atoms with Crippen LogP contribution in [0.25, 0.3) is 0 Å². The first-order valence-electron chi connectivity index (χ1n) is 7.57. The van der Waals surface area contributed by atoms with Crippen molar-refractivity contribution in [3.63, 3.8) is 0 Å². The lowest BCUT2D eigenvalue weighted by Crippen LogP contribution is -2.29. The molecule has 3 heteroatoms. The molecule has 4 rings (SSSR count). The lowest BCUT2D eigenvalue weighted by atomic mass is 9.98. The predicted molar refractivity (Wildman–Crippen MR) is 87.6 cm³/mol. The highest BCUT2D eigenvalue weighted by molar-refractivity contribution is 9.10. The van der Waals surface area contributed by atoms with Gasteiger partial charge in [-0.05, 0) is 42.2 Å². The van der Waals surface area contributed by atoms with Gasteiger partial charge >= 0.3 is 0 Å². The summed E-state index contributed by atoms with van der Waals surface area (Å²) in [6, 6.07) is 16.0. The molecule has 2 aromatic rings. The first-order chi connectivity index (χ1) is 10.3. The minimum atomic E-state index is 0.377. The van der Waals surface area contributed by atoms with E-state index in [4.69, 9.17) is 4.74 Å². The molecule has 0 fully saturated rings. The Morgan fingerprint density at radius 3 is 2.81 bits per heavy atom. The number of nitrogens with one attached hydrogen (secondary N) is 1. The topological polar surface area (TPSA) is 21.3 Å². The molecule has 2 aromatic carbocycles. The zero-order valence-corrected chi connectivity index (χ0v) is 13.4. The van der Waals surface area contributed by atoms with Crippen LogP contribution in [0.15, 0.2) is 46.9 Å². The number of hydrogen-bond donors (Lipinski definition) is 1. The van der Waals surface area contributed by atoms with Crippen LogP contribution in [0.4, 0.5) is 0 Å². The maximum Gasteiger partial charge on any atom is 0.124 e. The third-order valence-corrected chi connectivity index (χ3v) is 5.04. The fourth-order valence-corrected chi connectivity index (χ4v) is 3.89. The highest BCUT2D eigenvalue weighted by atomic mass is 79.9. The summed E-state index contributed by atoms with van der Waals surface area (Å²) in [6.45, 7) is 0.792. The molecule has 2 unspecified atom stereocenters. The Kier molecular flexibility index (Phi) is 3.48. The van der Waals surface area contributed by atoms with Crippen LogP contribution in [-0.2, 0) is 6.42 Å². The zero-order valence-electron chi connectivity index (χ0n) is 11.8. The summed E-state index contributed by atoms with van der Waals surface area (Å²) >= 11 is 3.57. The SMILES string of the molecule is Brc1ccc2c(c1)C(NC1CCc3ccccc31)CCO2. The van der Waals surface area contributed by atoms with Crippen molar-refractivity contribution < 1.29 is 4.74 Å². The van der Waals surface area contributed by atoms with Crippen LogP contribution in [0.5, 0.6) is 5.75 Å². The third-order valence-electron chi connectivity index (χ3n) is 4.55. The van der Waals surface area contributed by atoms with Gasteiger partial charge in [0, 0.05) is 28.5 Å². The summed E-state index contributed by atoms with van der Waals surface area (Å²) in [5.41, 5.74) is 4.25. The summed E-state index contributed by atoms with van der Waals surface area (Å²) in [4.78, 5) is 0. The molecule has 0 saturated heterocycles. The van der Waals surface area contributed by atoms with Crippen molar-refractivity contribution in [1.82, 2.24) is 5.32 Å². The second-order valence-corrected chi connectivity index (χ2v) is 6.74. The third kappa shape index (κ3) is 2.49. The van der Waals surface area contributed by atoms with Crippen molar-refractivity contribution >= 4 is 15.9 Å². The Labute approximate surface area is 133 Å². The first-order valence-corrected chi connectivity index (χ1v) is 8.36. The molecule has 0 amide bonds. The fourth-order valence-electron chi connectivity index (χ4n) is 3.51. The fraction of sp³-hybridized carbons (Fsp3) is 0.333. The van der Waals surface area contributed by atoms with Crippen molar-refractivity contribution in [3.05, 3.63) is 63.6 Å². The Morgan fingerprint density at radius 1 is 1.00 bits per heavy atom. The van der Waals surface area contributed by atoms with Crippen molar-refractivity contribution in [2.75, 3.05) is 6.61 Å². The normalized spacial score (nSPS) is 23.3. The van der Waals surface area contributed by atoms with Crippen LogP contribution in [0.1, 0.15) is 41.6 Å². The van der Waals surface area contributed by atoms with Crippen molar-refractivity contribution in [1.29, 1.82) is 0 Å². The molecule has 0 radical (unpaired) electrons. The molecule has 108 valence electrons. The van der Waals surface area contributed by atoms with Gasteiger partial charge in [0.15, 0.2) is 0 Å². The summed E-state index contributed by atoms with van der Waals surface area (Å²) < 4.78 is 6.90. The number of fused-ring (bicyclic) bond motifs is 2. The first kappa shape index (κ1) is 13.4. The van der Waals surface area contributed by atoms with E-state index in [2.05, 4.69) is 57.6 Å². The van der Waals surface area contributed by atoms with E-state index in [1.807, 2.05) is 6.07 Å². The van der Waals surface area contributed by atoms with Gasteiger partial charge in [-0.3, -0.25) is 0 Å². The van der Waals surface area contributed by atoms with Gasteiger partial charge in [0.1, 0.15) is 5.75 Å². The Morgan fingerprint density at radius 2 is 1.86 bits per heavy atom. The molecular weight excluding hydrogens is 326 g/mol. The van der Waals surface area contributed by atoms with Crippen LogP contribution in [-0.4, -0.2) is 6.61 Å². The number of aryl methyl sites for hydroxylation is 1. The minimum Gasteiger partial charge on any atom is -0.493 e. The molecule has 0 aromatic heterocycles. The quantitative estimate of drug-likeness (QED) is 0.863. The predicted octanol–water partition coefficient (Wildman–Crippen LogP) is 4.55. The van der Waals surface area contributed by atoms with E-state index in [-0.39, 0.29) is 0 Å². The lowest BCUT2D eigenvalue weighted by molar-refractivity contribution is 0.243. The van der Waals surface area contributed by atoms with E-state index in [1.165, 1.54) is 29.5 Å². The number of hydrogen-bond acceptors (Lipinski definition) is 2. The van der Waals surface area contributed by atoms with E-state index >= 15 is 0 Å². The number of rotatable bonds is 2. The van der Waals surface area contributed by atoms with Gasteiger partial charge in [-0.1, -0.05) is 40.2 Å². The Hall–Kier alpha value is -1.32. The molecule has 0 bridgehead atoms. The van der Waals surface area contributed by atoms with E-state index < -0.39 is 0 Å². The van der Waals surface area contributed by atoms with Gasteiger partial charge in [0.2, 0.25) is 0 Å². The number of ether oxygens (including phenoxy) is 1. The van der Waals surface area contributed by atoms with Crippen molar-refractivity contribution in [3.8, 4) is 5.75 Å². The zero-order chi connectivity index (χ0) is 14.2. The van der Waals surface area contributed by atoms with Gasteiger partial charge < -0.3 is 10.1 Å². The Balaban J connectivity index is 1.61. The van der Waals surface area contributed by atoms with Crippen LogP contribution in [0.3, 0.4) is 0 Å². The lowest BCUT2D eigenvalue weighted by Gasteiger charge is -2.29. The second-order valence-electron chi connectivity index (χ2n) is 5.83. The highest BCUT2D eigenvalue weighted by Gasteiger charge is 2.28. The monoisotopic (exact) mass is 343 g/mol. The van der Waals surface area contributed by atoms with Crippen LogP contribution < -0.4 is 10.1 Å². The maximum atomic E-state index is 5.78. The second kappa shape index (κ2) is 5.47. The van der Waals surface area contributed by atoms with Gasteiger partial charge in [-0.2, -0.15) is 0 Å². The molecule has 2 nitrogen and oxygen atoms in total. The van der Waals surface area contributed by atoms with Crippen LogP contribution in [0.2, 0.25) is 0 Å². The van der Waals surface area contributed by atoms with Crippen molar-refractivity contribution in [2.24, 2.45) is 0 Å². The Bertz CT molecular complexity index is 670. The summed E-state index contributed by atoms with van der Waals surface area (Å²) in [5.74, 6) is 1.02. The van der Waals surface area contributed by atoms with Gasteiger partial charge in [0.25, 0.3) is 0 Å². The smallest absolute Gasteiger partial charge is 0.124 e. The number of benzene rings is 2. The van der Waals surface area contributed by atoms with E-state index in [1.54, 1.807) is 0 Å². The van der Waals surface area contributed by atoms with Gasteiger partial charge in [-0.25, -0.2) is 0 Å². The molecule has 0 saturated carbocycles. The molecule has 1 aliphatic heterocycles. The molecule has 0 spiro atoms. The summed E-state index contributed by atoms with van der Waals surface area (Å²) in [7, 11) is 0. The molecular formula is C18H18BrNO. The molecule has 2 aliphatic rings. The summed E-state index contributed by atoms with van der Waals surface area (Å²) in [6.07, 6.45) is 3.41. The number of halogens is 1.